The predicted molar refractivity (Wildman–Crippen MR) is 536 cm³/mol. The Morgan fingerprint density at radius 1 is 0.0968 bits per heavy atom. The quantitative estimate of drug-likeness (QED) is 0.126. The van der Waals surface area contributed by atoms with Crippen LogP contribution >= 0.6 is 0 Å². The van der Waals surface area contributed by atoms with Crippen LogP contribution in [0.5, 0.6) is 0 Å². The average Bonchev–Trinajstić information content (AvgIpc) is 0.679. The zero-order chi connectivity index (χ0) is 152. The van der Waals surface area contributed by atoms with Crippen LogP contribution in [0.1, 0.15) is 110 Å². The predicted octanol–water partition coefficient (Wildman–Crippen LogP) is 35.1. The molecule has 0 unspecified atom stereocenters. The normalized spacial score (nSPS) is 20.6. The molecule has 25 aromatic carbocycles. The van der Waals surface area contributed by atoms with Crippen molar-refractivity contribution in [2.75, 3.05) is 0 Å². The van der Waals surface area contributed by atoms with Gasteiger partial charge >= 0.3 is 0 Å². The summed E-state index contributed by atoms with van der Waals surface area (Å²) in [6.45, 7) is 0. The monoisotopic (exact) mass is 1650 g/mol. The molecule has 576 valence electrons. The van der Waals surface area contributed by atoms with Crippen molar-refractivity contribution in [3.63, 3.8) is 0 Å². The SMILES string of the molecule is [2H]c1c([2H])c([2H])c(-c2c([2H])c(-c3c4c([2H])c([2H])c([2H])c([2H])c4c(-c4c([2H])c([2H])c([2H])c5c([2H])c([2H])c([2H])c([2H])c45)c4c([2H])c([2H])c([2H])c([2H])c34)c3c([2H])c([2H])c([2H])c([2H])c3c2[2H])c([2H])c1[2H].[2H]c1c([2H])c([2H])c(-c2c([2H])c([2H])c(-c3c4c([2H])c([2H])c([2H])c([2H])c4c(-c4c([2H])c([2H])c([2H])c5c([2H])c([2H])c([2H])c([2H])c45)c4c([2H])c([2H])c([2H])c([2H])c34)c3c([2H])c([2H])c([2H])c([2H])c23)c([2H])c1[2H].[2H]c1c([2H])c([2H])c2c(-c3c([2H])c([2H])c(-c4c5c([2H])c([2H])c([2H])c([2H])c5c(-c5c([2H])c([2H])c([2H])c6c([2H])c([2H])c([2H])c([2H])c56)c5c([2H])c([2H])c([2H])c([2H])c45)c4c([2H])c([2H])c([2H])c([2H])c34)c([2H])c([2H])c([2H])c2c1[2H]. The molecule has 0 atom stereocenters. The largest absolute Gasteiger partial charge is 0.0636 e. The Bertz CT molecular complexity index is 13400. The van der Waals surface area contributed by atoms with Crippen molar-refractivity contribution in [3.8, 4) is 100 Å². The molecule has 0 aliphatic carbocycles. The van der Waals surface area contributed by atoms with Crippen LogP contribution in [0.2, 0.25) is 0 Å². The summed E-state index contributed by atoms with van der Waals surface area (Å²) >= 11 is 0. The smallest absolute Gasteiger partial charge is 0.0622 e. The zero-order valence-corrected chi connectivity index (χ0v) is 62.0. The van der Waals surface area contributed by atoms with Crippen LogP contribution in [-0.2, 0) is 0 Å². The summed E-state index contributed by atoms with van der Waals surface area (Å²) in [5.41, 5.74) is -13.7. The van der Waals surface area contributed by atoms with E-state index in [1.54, 1.807) is 0 Å². The third kappa shape index (κ3) is 12.5. The fraction of sp³-hybridized carbons (Fsp3) is 0. The van der Waals surface area contributed by atoms with Crippen molar-refractivity contribution < 1.29 is 110 Å². The van der Waals surface area contributed by atoms with E-state index in [1.807, 2.05) is 0 Å². The molecule has 25 rings (SSSR count). The van der Waals surface area contributed by atoms with Crippen molar-refractivity contribution in [3.05, 3.63) is 483 Å². The second-order valence-electron chi connectivity index (χ2n) is 26.5. The van der Waals surface area contributed by atoms with Crippen molar-refractivity contribution in [1.82, 2.24) is 0 Å². The first-order chi connectivity index (χ1) is 94.9. The zero-order valence-electron chi connectivity index (χ0n) is 142. The van der Waals surface area contributed by atoms with E-state index in [4.69, 9.17) is 75.4 Å². The van der Waals surface area contributed by atoms with Crippen molar-refractivity contribution >= 4 is 140 Å². The van der Waals surface area contributed by atoms with Gasteiger partial charge in [-0.2, -0.15) is 0 Å². The standard InChI is InChI=1S/C44H28.2C40H26/c1-3-17-31-29(13-1)15-11-25-33(31)36-27-28-42(35-20-6-5-19-34(35)36)44-40-23-9-7-21-38(40)43(39-22-8-10-24-41(39)44)37-26-12-16-30-14-2-4-18-32(30)37;1-2-13-27(14-3-1)30-25-29-16-5-7-19-32(29)38(26-30)40-36-22-10-8-20-34(36)39(35-21-9-11-23-37(35)40)33-24-12-17-28-15-4-6-18-31(28)33;1-2-13-27(14-3-1)30-25-26-38(32-19-7-6-18-31(30)32)40-36-22-10-8-20-34(36)39(35-21-9-11-23-37(35)40)33-24-12-16-28-15-4-5-17-29(28)33/h1-28H;2*1-26H/i1D,2D,3D,4D,5D,6D,7D,8D,9D,10D,11D,12D,13D,14D,15D,16D,17D,18D,19D,20D,21D,22D,23D,24D,25D,26D,27D,28D;2*1D,2D,3D,4D,5D,6D,7D,8D,9D,10D,11D,12D,13D,14D,15D,16D,17D,18D,19D,20D,21D,22D,23D,24D,25D,26D. The van der Waals surface area contributed by atoms with E-state index < -0.39 is 724 Å². The second-order valence-corrected chi connectivity index (χ2v) is 26.5. The Morgan fingerprint density at radius 3 is 0.605 bits per heavy atom. The van der Waals surface area contributed by atoms with Gasteiger partial charge in [0.15, 0.2) is 0 Å². The number of hydrogen-bond acceptors (Lipinski definition) is 0. The number of benzene rings is 25. The lowest BCUT2D eigenvalue weighted by Crippen LogP contribution is -1.93. The lowest BCUT2D eigenvalue weighted by atomic mass is 9.83. The molecule has 0 saturated carbocycles. The minimum absolute atomic E-state index is 0.624. The van der Waals surface area contributed by atoms with Gasteiger partial charge in [0.25, 0.3) is 0 Å². The molecule has 0 N–H and O–H groups in total. The van der Waals surface area contributed by atoms with Gasteiger partial charge in [-0.05, 0) is 252 Å². The highest BCUT2D eigenvalue weighted by Gasteiger charge is 2.25. The second kappa shape index (κ2) is 31.2. The van der Waals surface area contributed by atoms with Crippen molar-refractivity contribution in [1.29, 1.82) is 0 Å². The molecular weight excluding hydrogens is 1490 g/mol. The first kappa shape index (κ1) is 28.0. The molecule has 0 amide bonds. The van der Waals surface area contributed by atoms with Gasteiger partial charge in [-0.15, -0.1) is 0 Å². The number of hydrogen-bond donors (Lipinski definition) is 0. The van der Waals surface area contributed by atoms with Gasteiger partial charge in [0.2, 0.25) is 0 Å². The summed E-state index contributed by atoms with van der Waals surface area (Å²) < 4.78 is 716. The summed E-state index contributed by atoms with van der Waals surface area (Å²) in [5.74, 6) is 0. The summed E-state index contributed by atoms with van der Waals surface area (Å²) in [5, 5.41) is -18.7. The Balaban J connectivity index is 0.000000157. The summed E-state index contributed by atoms with van der Waals surface area (Å²) in [4.78, 5) is 0. The van der Waals surface area contributed by atoms with Crippen molar-refractivity contribution in [2.45, 2.75) is 0 Å². The van der Waals surface area contributed by atoms with Crippen LogP contribution in [0.25, 0.3) is 240 Å². The van der Waals surface area contributed by atoms with E-state index in [1.165, 1.54) is 0 Å². The van der Waals surface area contributed by atoms with Gasteiger partial charge < -0.3 is 0 Å². The van der Waals surface area contributed by atoms with E-state index in [0.29, 0.717) is 0 Å². The lowest BCUT2D eigenvalue weighted by molar-refractivity contribution is 1.63. The summed E-state index contributed by atoms with van der Waals surface area (Å²) in [6, 6.07) is -76.9. The highest BCUT2D eigenvalue weighted by atomic mass is 14.3. The Labute approximate surface area is 832 Å². The molecule has 0 heteroatoms. The minimum atomic E-state index is -1.12. The minimum Gasteiger partial charge on any atom is -0.0622 e. The molecule has 0 saturated heterocycles. The van der Waals surface area contributed by atoms with Gasteiger partial charge in [-0.25, -0.2) is 0 Å². The topological polar surface area (TPSA) is 0 Å². The number of fused-ring (bicyclic) bond motifs is 13. The average molecular weight is 1650 g/mol. The van der Waals surface area contributed by atoms with Crippen LogP contribution in [0.3, 0.4) is 0 Å². The summed E-state index contributed by atoms with van der Waals surface area (Å²) in [7, 11) is 0. The Morgan fingerprint density at radius 2 is 0.282 bits per heavy atom. The van der Waals surface area contributed by atoms with Crippen LogP contribution in [-0.4, -0.2) is 0 Å². The molecule has 0 radical (unpaired) electrons. The fourth-order valence-electron chi connectivity index (χ4n) is 15.0. The molecule has 124 heavy (non-hydrogen) atoms. The molecule has 25 aromatic rings. The summed E-state index contributed by atoms with van der Waals surface area (Å²) in [6.07, 6.45) is 0. The van der Waals surface area contributed by atoms with Crippen LogP contribution in [0.15, 0.2) is 483 Å². The molecule has 0 aromatic heterocycles. The third-order valence-corrected chi connectivity index (χ3v) is 20.1. The molecular formula is C124H80. The first-order valence-electron chi connectivity index (χ1n) is 76.5. The third-order valence-electron chi connectivity index (χ3n) is 20.1. The van der Waals surface area contributed by atoms with E-state index in [9.17, 15) is 34.3 Å². The molecule has 0 nitrogen and oxygen atoms in total. The van der Waals surface area contributed by atoms with Gasteiger partial charge in [0.05, 0.1) is 110 Å². The highest BCUT2D eigenvalue weighted by Crippen LogP contribution is 2.53. The highest BCUT2D eigenvalue weighted by molar-refractivity contribution is 6.30. The van der Waals surface area contributed by atoms with Gasteiger partial charge in [0, 0.05) is 0 Å². The van der Waals surface area contributed by atoms with Crippen LogP contribution in [0, 0.1) is 0 Å². The maximum Gasteiger partial charge on any atom is 0.0636 e. The van der Waals surface area contributed by atoms with E-state index >= 15 is 0 Å². The molecule has 0 aliphatic heterocycles. The van der Waals surface area contributed by atoms with E-state index in [2.05, 4.69) is 0 Å². The first-order valence-corrected chi connectivity index (χ1v) is 36.5. The lowest BCUT2D eigenvalue weighted by Gasteiger charge is -2.20. The fourth-order valence-corrected chi connectivity index (χ4v) is 15.0. The van der Waals surface area contributed by atoms with E-state index in [0.717, 1.165) is 0 Å². The van der Waals surface area contributed by atoms with Crippen LogP contribution in [0.4, 0.5) is 0 Å². The van der Waals surface area contributed by atoms with Crippen molar-refractivity contribution in [2.24, 2.45) is 0 Å². The Kier molecular flexibility index (Phi) is 7.05. The van der Waals surface area contributed by atoms with E-state index in [-0.39, 0.29) is 0 Å². The van der Waals surface area contributed by atoms with Gasteiger partial charge in [0.1, 0.15) is 0 Å². The molecule has 0 fully saturated rings. The molecule has 0 spiro atoms. The maximum absolute atomic E-state index is 9.87. The maximum atomic E-state index is 9.87. The molecule has 0 heterocycles. The molecule has 0 aliphatic rings. The van der Waals surface area contributed by atoms with Crippen LogP contribution < -0.4 is 0 Å². The Hall–Kier alpha value is -16.1. The van der Waals surface area contributed by atoms with Gasteiger partial charge in [-0.1, -0.05) is 471 Å². The number of rotatable bonds is 9. The molecule has 0 bridgehead atoms. The van der Waals surface area contributed by atoms with Gasteiger partial charge in [-0.3, -0.25) is 0 Å².